The van der Waals surface area contributed by atoms with E-state index in [1.807, 2.05) is 14.0 Å². The normalized spacial score (nSPS) is 23.5. The first kappa shape index (κ1) is 13.9. The number of carbonyl (C=O) groups is 2. The molecule has 0 aromatic carbocycles. The van der Waals surface area contributed by atoms with Crippen LogP contribution in [0.1, 0.15) is 19.8 Å². The fourth-order valence-corrected chi connectivity index (χ4v) is 2.08. The average Bonchev–Trinajstić information content (AvgIpc) is 2.25. The summed E-state index contributed by atoms with van der Waals surface area (Å²) in [6.07, 6.45) is 0.141. The number of amides is 1. The third-order valence-electron chi connectivity index (χ3n) is 3.10. The second-order valence-corrected chi connectivity index (χ2v) is 4.68. The number of nitrogens with zero attached hydrogens (tertiary/aromatic N) is 2. The molecule has 1 aliphatic heterocycles. The molecule has 1 heterocycles. The van der Waals surface area contributed by atoms with Gasteiger partial charge in [-0.15, -0.1) is 0 Å². The van der Waals surface area contributed by atoms with E-state index in [2.05, 4.69) is 4.90 Å². The Labute approximate surface area is 101 Å². The highest BCUT2D eigenvalue weighted by Gasteiger charge is 2.29. The van der Waals surface area contributed by atoms with Crippen LogP contribution in [-0.2, 0) is 9.59 Å². The van der Waals surface area contributed by atoms with Gasteiger partial charge in [-0.3, -0.25) is 9.59 Å². The molecular formula is C11H21N3O3. The molecule has 6 heteroatoms. The minimum atomic E-state index is -0.917. The van der Waals surface area contributed by atoms with E-state index in [4.69, 9.17) is 10.8 Å². The Hall–Kier alpha value is -1.14. The fourth-order valence-electron chi connectivity index (χ4n) is 2.08. The van der Waals surface area contributed by atoms with Gasteiger partial charge >= 0.3 is 5.97 Å². The SMILES string of the molecule is CC1CN(C)CCN1C(=O)C(N)CCC(=O)O. The van der Waals surface area contributed by atoms with Crippen molar-refractivity contribution in [3.63, 3.8) is 0 Å². The van der Waals surface area contributed by atoms with Crippen molar-refractivity contribution in [1.82, 2.24) is 9.80 Å². The summed E-state index contributed by atoms with van der Waals surface area (Å²) in [7, 11) is 2.02. The van der Waals surface area contributed by atoms with Crippen LogP contribution in [0.4, 0.5) is 0 Å². The van der Waals surface area contributed by atoms with Crippen molar-refractivity contribution in [2.45, 2.75) is 31.8 Å². The standard InChI is InChI=1S/C11H21N3O3/c1-8-7-13(2)5-6-14(8)11(17)9(12)3-4-10(15)16/h8-9H,3-7,12H2,1-2H3,(H,15,16). The molecule has 0 spiro atoms. The summed E-state index contributed by atoms with van der Waals surface area (Å²) < 4.78 is 0. The van der Waals surface area contributed by atoms with E-state index in [-0.39, 0.29) is 24.8 Å². The van der Waals surface area contributed by atoms with Crippen LogP contribution >= 0.6 is 0 Å². The predicted octanol–water partition coefficient (Wildman–Crippen LogP) is -0.659. The zero-order valence-electron chi connectivity index (χ0n) is 10.4. The number of hydrogen-bond donors (Lipinski definition) is 2. The lowest BCUT2D eigenvalue weighted by Crippen LogP contribution is -2.56. The molecule has 1 aliphatic rings. The number of rotatable bonds is 4. The van der Waals surface area contributed by atoms with Gasteiger partial charge in [0.25, 0.3) is 0 Å². The maximum absolute atomic E-state index is 12.0. The zero-order chi connectivity index (χ0) is 13.0. The number of carboxylic acid groups (broad SMARTS) is 1. The van der Waals surface area contributed by atoms with Gasteiger partial charge in [0.15, 0.2) is 0 Å². The van der Waals surface area contributed by atoms with Crippen LogP contribution in [0, 0.1) is 0 Å². The molecule has 0 aromatic rings. The minimum absolute atomic E-state index is 0.0605. The Morgan fingerprint density at radius 2 is 2.12 bits per heavy atom. The van der Waals surface area contributed by atoms with Gasteiger partial charge in [0, 0.05) is 32.1 Å². The second kappa shape index (κ2) is 5.97. The Balaban J connectivity index is 2.48. The van der Waals surface area contributed by atoms with E-state index < -0.39 is 12.0 Å². The van der Waals surface area contributed by atoms with Crippen molar-refractivity contribution >= 4 is 11.9 Å². The van der Waals surface area contributed by atoms with Crippen LogP contribution in [0.15, 0.2) is 0 Å². The lowest BCUT2D eigenvalue weighted by Gasteiger charge is -2.39. The molecule has 0 aliphatic carbocycles. The van der Waals surface area contributed by atoms with Gasteiger partial charge in [0.1, 0.15) is 0 Å². The van der Waals surface area contributed by atoms with Crippen LogP contribution in [0.3, 0.4) is 0 Å². The highest BCUT2D eigenvalue weighted by Crippen LogP contribution is 2.10. The fraction of sp³-hybridized carbons (Fsp3) is 0.818. The summed E-state index contributed by atoms with van der Waals surface area (Å²) in [4.78, 5) is 26.4. The van der Waals surface area contributed by atoms with Crippen LogP contribution in [0.5, 0.6) is 0 Å². The number of nitrogens with two attached hydrogens (primary N) is 1. The van der Waals surface area contributed by atoms with Gasteiger partial charge in [0.2, 0.25) is 5.91 Å². The van der Waals surface area contributed by atoms with Crippen molar-refractivity contribution in [3.8, 4) is 0 Å². The molecule has 0 saturated carbocycles. The van der Waals surface area contributed by atoms with E-state index in [1.54, 1.807) is 4.90 Å². The molecule has 98 valence electrons. The van der Waals surface area contributed by atoms with Crippen molar-refractivity contribution in [2.24, 2.45) is 5.73 Å². The molecular weight excluding hydrogens is 222 g/mol. The number of hydrogen-bond acceptors (Lipinski definition) is 4. The monoisotopic (exact) mass is 243 g/mol. The molecule has 2 atom stereocenters. The third kappa shape index (κ3) is 3.98. The van der Waals surface area contributed by atoms with Crippen molar-refractivity contribution < 1.29 is 14.7 Å². The summed E-state index contributed by atoms with van der Waals surface area (Å²) in [6.45, 7) is 4.31. The first-order valence-corrected chi connectivity index (χ1v) is 5.88. The molecule has 17 heavy (non-hydrogen) atoms. The molecule has 1 fully saturated rings. The van der Waals surface area contributed by atoms with Gasteiger partial charge in [-0.05, 0) is 20.4 Å². The Morgan fingerprint density at radius 1 is 1.47 bits per heavy atom. The quantitative estimate of drug-likeness (QED) is 0.684. The number of piperazine rings is 1. The van der Waals surface area contributed by atoms with Crippen molar-refractivity contribution in [2.75, 3.05) is 26.7 Å². The Bertz CT molecular complexity index is 296. The van der Waals surface area contributed by atoms with E-state index in [9.17, 15) is 9.59 Å². The zero-order valence-corrected chi connectivity index (χ0v) is 10.4. The smallest absolute Gasteiger partial charge is 0.303 e. The highest BCUT2D eigenvalue weighted by molar-refractivity contribution is 5.82. The third-order valence-corrected chi connectivity index (χ3v) is 3.10. The Morgan fingerprint density at radius 3 is 2.65 bits per heavy atom. The van der Waals surface area contributed by atoms with Gasteiger partial charge < -0.3 is 20.6 Å². The van der Waals surface area contributed by atoms with Gasteiger partial charge in [-0.1, -0.05) is 0 Å². The summed E-state index contributed by atoms with van der Waals surface area (Å²) in [5.74, 6) is -1.05. The van der Waals surface area contributed by atoms with Crippen molar-refractivity contribution in [3.05, 3.63) is 0 Å². The van der Waals surface area contributed by atoms with Crippen LogP contribution < -0.4 is 5.73 Å². The molecule has 1 rings (SSSR count). The van der Waals surface area contributed by atoms with Crippen LogP contribution in [-0.4, -0.2) is 65.5 Å². The van der Waals surface area contributed by atoms with Crippen LogP contribution in [0.2, 0.25) is 0 Å². The molecule has 0 aromatic heterocycles. The molecule has 6 nitrogen and oxygen atoms in total. The van der Waals surface area contributed by atoms with Gasteiger partial charge in [-0.2, -0.15) is 0 Å². The summed E-state index contributed by atoms with van der Waals surface area (Å²) in [6, 6.07) is -0.561. The first-order valence-electron chi connectivity index (χ1n) is 5.88. The largest absolute Gasteiger partial charge is 0.481 e. The Kier molecular flexibility index (Phi) is 4.89. The molecule has 3 N–H and O–H groups in total. The molecule has 2 unspecified atom stereocenters. The summed E-state index contributed by atoms with van der Waals surface area (Å²) >= 11 is 0. The molecule has 0 radical (unpaired) electrons. The van der Waals surface area contributed by atoms with E-state index in [0.717, 1.165) is 13.1 Å². The first-order chi connectivity index (χ1) is 7.91. The average molecular weight is 243 g/mol. The number of carboxylic acids is 1. The minimum Gasteiger partial charge on any atom is -0.481 e. The number of carbonyl (C=O) groups excluding carboxylic acids is 1. The van der Waals surface area contributed by atoms with E-state index >= 15 is 0 Å². The molecule has 1 amide bonds. The molecule has 0 bridgehead atoms. The number of likely N-dealkylation sites (N-methyl/N-ethyl adjacent to an activating group) is 1. The lowest BCUT2D eigenvalue weighted by molar-refractivity contribution is -0.138. The van der Waals surface area contributed by atoms with Crippen molar-refractivity contribution in [1.29, 1.82) is 0 Å². The maximum Gasteiger partial charge on any atom is 0.303 e. The summed E-state index contributed by atoms with van der Waals surface area (Å²) in [5, 5.41) is 8.55. The highest BCUT2D eigenvalue weighted by atomic mass is 16.4. The van der Waals surface area contributed by atoms with E-state index in [1.165, 1.54) is 0 Å². The second-order valence-electron chi connectivity index (χ2n) is 4.68. The molecule has 1 saturated heterocycles. The van der Waals surface area contributed by atoms with Crippen LogP contribution in [0.25, 0.3) is 0 Å². The predicted molar refractivity (Wildman–Crippen MR) is 63.5 cm³/mol. The van der Waals surface area contributed by atoms with Gasteiger partial charge in [0.05, 0.1) is 6.04 Å². The lowest BCUT2D eigenvalue weighted by atomic mass is 10.1. The van der Waals surface area contributed by atoms with E-state index in [0.29, 0.717) is 6.54 Å². The van der Waals surface area contributed by atoms with Gasteiger partial charge in [-0.25, -0.2) is 0 Å². The maximum atomic E-state index is 12.0. The topological polar surface area (TPSA) is 86.9 Å². The number of aliphatic carboxylic acids is 1. The summed E-state index contributed by atoms with van der Waals surface area (Å²) in [5.41, 5.74) is 5.73.